The summed E-state index contributed by atoms with van der Waals surface area (Å²) in [7, 11) is 0. The van der Waals surface area contributed by atoms with Gasteiger partial charge < -0.3 is 5.32 Å². The molecule has 0 bridgehead atoms. The van der Waals surface area contributed by atoms with Gasteiger partial charge in [0.1, 0.15) is 0 Å². The molecule has 0 radical (unpaired) electrons. The van der Waals surface area contributed by atoms with E-state index in [4.69, 9.17) is 11.6 Å². The van der Waals surface area contributed by atoms with E-state index in [1.165, 1.54) is 22.3 Å². The summed E-state index contributed by atoms with van der Waals surface area (Å²) in [6.45, 7) is 8.57. The minimum absolute atomic E-state index is 0.278. The van der Waals surface area contributed by atoms with E-state index in [1.54, 1.807) is 0 Å². The quantitative estimate of drug-likeness (QED) is 0.922. The fourth-order valence-electron chi connectivity index (χ4n) is 3.26. The van der Waals surface area contributed by atoms with Gasteiger partial charge in [-0.1, -0.05) is 47.5 Å². The number of nitrogens with one attached hydrogen (secondary N) is 1. The zero-order valence-electron chi connectivity index (χ0n) is 13.3. The number of piperazine rings is 1. The minimum atomic E-state index is 0.278. The van der Waals surface area contributed by atoms with E-state index in [2.05, 4.69) is 60.5 Å². The van der Waals surface area contributed by atoms with Crippen LogP contribution in [0.2, 0.25) is 5.02 Å². The van der Waals surface area contributed by atoms with Crippen LogP contribution in [0.15, 0.2) is 42.5 Å². The fraction of sp³-hybridized carbons (Fsp3) is 0.368. The van der Waals surface area contributed by atoms with E-state index in [9.17, 15) is 0 Å². The maximum Gasteiger partial charge on any atom is 0.0605 e. The van der Waals surface area contributed by atoms with Crippen molar-refractivity contribution in [2.24, 2.45) is 0 Å². The lowest BCUT2D eigenvalue weighted by Gasteiger charge is -2.36. The van der Waals surface area contributed by atoms with Crippen LogP contribution in [0.1, 0.15) is 28.3 Å². The number of nitrogens with zero attached hydrogens (tertiary/aromatic N) is 1. The van der Waals surface area contributed by atoms with E-state index < -0.39 is 0 Å². The van der Waals surface area contributed by atoms with Gasteiger partial charge in [0.15, 0.2) is 0 Å². The zero-order valence-corrected chi connectivity index (χ0v) is 14.0. The average molecular weight is 315 g/mol. The Labute approximate surface area is 138 Å². The smallest absolute Gasteiger partial charge is 0.0605 e. The van der Waals surface area contributed by atoms with Gasteiger partial charge in [-0.25, -0.2) is 0 Å². The van der Waals surface area contributed by atoms with E-state index in [1.807, 2.05) is 6.07 Å². The molecule has 2 aromatic carbocycles. The Hall–Kier alpha value is -1.35. The van der Waals surface area contributed by atoms with Crippen LogP contribution in [-0.4, -0.2) is 31.1 Å². The molecule has 1 fully saturated rings. The standard InChI is InChI=1S/C19H23ClN2/c1-14-6-7-15(2)18(12-14)19(22-10-8-21-9-11-22)16-4-3-5-17(20)13-16/h3-7,12-13,19,21H,8-11H2,1-2H3. The van der Waals surface area contributed by atoms with Gasteiger partial charge in [0, 0.05) is 31.2 Å². The third kappa shape index (κ3) is 3.35. The molecule has 3 heteroatoms. The fourth-order valence-corrected chi connectivity index (χ4v) is 3.46. The van der Waals surface area contributed by atoms with Crippen molar-refractivity contribution >= 4 is 11.6 Å². The lowest BCUT2D eigenvalue weighted by atomic mass is 9.92. The molecule has 0 aromatic heterocycles. The normalized spacial score (nSPS) is 17.4. The van der Waals surface area contributed by atoms with Crippen LogP contribution in [0.4, 0.5) is 0 Å². The number of rotatable bonds is 3. The number of hydrogen-bond donors (Lipinski definition) is 1. The predicted molar refractivity (Wildman–Crippen MR) is 93.7 cm³/mol. The van der Waals surface area contributed by atoms with Crippen molar-refractivity contribution in [3.8, 4) is 0 Å². The maximum absolute atomic E-state index is 6.26. The van der Waals surface area contributed by atoms with E-state index in [0.717, 1.165) is 31.2 Å². The van der Waals surface area contributed by atoms with Gasteiger partial charge in [-0.05, 0) is 42.7 Å². The van der Waals surface area contributed by atoms with Crippen LogP contribution in [0, 0.1) is 13.8 Å². The number of aryl methyl sites for hydroxylation is 2. The SMILES string of the molecule is Cc1ccc(C)c(C(c2cccc(Cl)c2)N2CCNCC2)c1. The summed E-state index contributed by atoms with van der Waals surface area (Å²) >= 11 is 6.26. The van der Waals surface area contributed by atoms with Gasteiger partial charge >= 0.3 is 0 Å². The first kappa shape index (κ1) is 15.5. The molecule has 2 nitrogen and oxygen atoms in total. The Balaban J connectivity index is 2.07. The second kappa shape index (κ2) is 6.82. The molecule has 0 aliphatic carbocycles. The molecule has 2 aromatic rings. The monoisotopic (exact) mass is 314 g/mol. The largest absolute Gasteiger partial charge is 0.314 e. The summed E-state index contributed by atoms with van der Waals surface area (Å²) in [6.07, 6.45) is 0. The molecular formula is C19H23ClN2. The third-order valence-electron chi connectivity index (χ3n) is 4.41. The molecule has 1 aliphatic heterocycles. The van der Waals surface area contributed by atoms with Gasteiger partial charge in [-0.2, -0.15) is 0 Å². The summed E-state index contributed by atoms with van der Waals surface area (Å²) in [5.41, 5.74) is 5.32. The molecule has 3 rings (SSSR count). The lowest BCUT2D eigenvalue weighted by molar-refractivity contribution is 0.198. The third-order valence-corrected chi connectivity index (χ3v) is 4.65. The van der Waals surface area contributed by atoms with E-state index in [-0.39, 0.29) is 6.04 Å². The molecule has 1 saturated heterocycles. The highest BCUT2D eigenvalue weighted by Gasteiger charge is 2.25. The maximum atomic E-state index is 6.26. The molecule has 0 saturated carbocycles. The highest BCUT2D eigenvalue weighted by Crippen LogP contribution is 2.32. The van der Waals surface area contributed by atoms with Crippen LogP contribution in [0.25, 0.3) is 0 Å². The summed E-state index contributed by atoms with van der Waals surface area (Å²) in [5, 5.41) is 4.25. The summed E-state index contributed by atoms with van der Waals surface area (Å²) in [5.74, 6) is 0. The first-order valence-electron chi connectivity index (χ1n) is 7.92. The summed E-state index contributed by atoms with van der Waals surface area (Å²) in [4.78, 5) is 2.56. The molecule has 1 atom stereocenters. The molecule has 22 heavy (non-hydrogen) atoms. The molecule has 1 N–H and O–H groups in total. The van der Waals surface area contributed by atoms with Gasteiger partial charge in [0.05, 0.1) is 6.04 Å². The van der Waals surface area contributed by atoms with Crippen LogP contribution >= 0.6 is 11.6 Å². The molecule has 1 unspecified atom stereocenters. The van der Waals surface area contributed by atoms with Gasteiger partial charge in [-0.15, -0.1) is 0 Å². The van der Waals surface area contributed by atoms with E-state index in [0.29, 0.717) is 0 Å². The molecule has 1 aliphatic rings. The van der Waals surface area contributed by atoms with Crippen molar-refractivity contribution in [1.29, 1.82) is 0 Å². The van der Waals surface area contributed by atoms with Gasteiger partial charge in [0.25, 0.3) is 0 Å². The second-order valence-electron chi connectivity index (χ2n) is 6.10. The van der Waals surface area contributed by atoms with Crippen LogP contribution < -0.4 is 5.32 Å². The first-order chi connectivity index (χ1) is 10.6. The summed E-state index contributed by atoms with van der Waals surface area (Å²) < 4.78 is 0. The minimum Gasteiger partial charge on any atom is -0.314 e. The Kier molecular flexibility index (Phi) is 4.82. The highest BCUT2D eigenvalue weighted by molar-refractivity contribution is 6.30. The molecule has 1 heterocycles. The number of hydrogen-bond acceptors (Lipinski definition) is 2. The molecule has 116 valence electrons. The summed E-state index contributed by atoms with van der Waals surface area (Å²) in [6, 6.07) is 15.3. The number of halogens is 1. The average Bonchev–Trinajstić information content (AvgIpc) is 2.52. The Bertz CT molecular complexity index is 648. The predicted octanol–water partition coefficient (Wildman–Crippen LogP) is 3.95. The molecule has 0 spiro atoms. The highest BCUT2D eigenvalue weighted by atomic mass is 35.5. The van der Waals surface area contributed by atoms with E-state index >= 15 is 0 Å². The van der Waals surface area contributed by atoms with Crippen molar-refractivity contribution < 1.29 is 0 Å². The first-order valence-corrected chi connectivity index (χ1v) is 8.30. The van der Waals surface area contributed by atoms with Crippen LogP contribution in [-0.2, 0) is 0 Å². The van der Waals surface area contributed by atoms with Gasteiger partial charge in [-0.3, -0.25) is 4.90 Å². The van der Waals surface area contributed by atoms with Crippen molar-refractivity contribution in [3.63, 3.8) is 0 Å². The Morgan fingerprint density at radius 1 is 1.05 bits per heavy atom. The van der Waals surface area contributed by atoms with Crippen LogP contribution in [0.5, 0.6) is 0 Å². The number of benzene rings is 2. The van der Waals surface area contributed by atoms with Crippen molar-refractivity contribution in [2.45, 2.75) is 19.9 Å². The van der Waals surface area contributed by atoms with Crippen molar-refractivity contribution in [2.75, 3.05) is 26.2 Å². The topological polar surface area (TPSA) is 15.3 Å². The molecular weight excluding hydrogens is 292 g/mol. The Morgan fingerprint density at radius 3 is 2.55 bits per heavy atom. The Morgan fingerprint density at radius 2 is 1.82 bits per heavy atom. The van der Waals surface area contributed by atoms with Crippen LogP contribution in [0.3, 0.4) is 0 Å². The van der Waals surface area contributed by atoms with Gasteiger partial charge in [0.2, 0.25) is 0 Å². The molecule has 0 amide bonds. The zero-order chi connectivity index (χ0) is 15.5. The van der Waals surface area contributed by atoms with Crippen molar-refractivity contribution in [1.82, 2.24) is 10.2 Å². The van der Waals surface area contributed by atoms with Crippen molar-refractivity contribution in [3.05, 3.63) is 69.7 Å². The second-order valence-corrected chi connectivity index (χ2v) is 6.54. The lowest BCUT2D eigenvalue weighted by Crippen LogP contribution is -2.45.